The molecule has 0 spiro atoms. The topological polar surface area (TPSA) is 69.6 Å². The van der Waals surface area contributed by atoms with Crippen molar-refractivity contribution in [2.45, 2.75) is 43.1 Å². The van der Waals surface area contributed by atoms with Gasteiger partial charge in [-0.2, -0.15) is 4.98 Å². The molecule has 0 saturated heterocycles. The Kier molecular flexibility index (Phi) is 3.50. The van der Waals surface area contributed by atoms with Gasteiger partial charge in [-0.1, -0.05) is 23.0 Å². The second-order valence-corrected chi connectivity index (χ2v) is 7.58. The van der Waals surface area contributed by atoms with Crippen molar-refractivity contribution in [3.8, 4) is 10.7 Å². The summed E-state index contributed by atoms with van der Waals surface area (Å²) in [5.41, 5.74) is 0. The Labute approximate surface area is 136 Å². The van der Waals surface area contributed by atoms with Gasteiger partial charge in [0.15, 0.2) is 16.8 Å². The first-order valence-electron chi connectivity index (χ1n) is 7.18. The summed E-state index contributed by atoms with van der Waals surface area (Å²) in [6, 6.07) is 4.65. The van der Waals surface area contributed by atoms with Gasteiger partial charge in [-0.05, 0) is 38.1 Å². The van der Waals surface area contributed by atoms with Crippen LogP contribution in [-0.4, -0.2) is 24.9 Å². The fourth-order valence-corrected chi connectivity index (χ4v) is 3.94. The summed E-state index contributed by atoms with van der Waals surface area (Å²) >= 11 is 3.31. The van der Waals surface area contributed by atoms with Crippen molar-refractivity contribution in [1.29, 1.82) is 0 Å². The number of rotatable bonds is 5. The average Bonchev–Trinajstić information content (AvgIpc) is 2.95. The molecule has 4 rings (SSSR count). The molecule has 1 unspecified atom stereocenters. The molecule has 3 aromatic rings. The van der Waals surface area contributed by atoms with Crippen molar-refractivity contribution in [2.24, 2.45) is 0 Å². The molecule has 1 fully saturated rings. The summed E-state index contributed by atoms with van der Waals surface area (Å²) in [6.45, 7) is 3.88. The maximum Gasteiger partial charge on any atom is 0.239 e. The monoisotopic (exact) mass is 333 g/mol. The van der Waals surface area contributed by atoms with Crippen molar-refractivity contribution >= 4 is 23.1 Å². The van der Waals surface area contributed by atoms with Crippen molar-refractivity contribution < 1.29 is 4.52 Å². The first-order chi connectivity index (χ1) is 10.7. The molecule has 1 aliphatic rings. The van der Waals surface area contributed by atoms with Gasteiger partial charge < -0.3 is 4.52 Å². The lowest BCUT2D eigenvalue weighted by molar-refractivity contribution is 0.376. The van der Waals surface area contributed by atoms with Gasteiger partial charge in [-0.3, -0.25) is 4.57 Å². The molecule has 1 saturated carbocycles. The Bertz CT molecular complexity index is 775. The first kappa shape index (κ1) is 14.0. The smallest absolute Gasteiger partial charge is 0.239 e. The van der Waals surface area contributed by atoms with Crippen LogP contribution >= 0.6 is 23.1 Å². The lowest BCUT2D eigenvalue weighted by Gasteiger charge is -2.09. The molecule has 3 heterocycles. The minimum absolute atomic E-state index is 0.0547. The minimum atomic E-state index is 0.0547. The maximum absolute atomic E-state index is 5.26. The van der Waals surface area contributed by atoms with E-state index in [1.54, 1.807) is 23.1 Å². The number of aryl methyl sites for hydroxylation is 1. The molecule has 0 bridgehead atoms. The second kappa shape index (κ2) is 5.51. The van der Waals surface area contributed by atoms with Crippen LogP contribution in [-0.2, 0) is 0 Å². The third-order valence-corrected chi connectivity index (χ3v) is 5.40. The van der Waals surface area contributed by atoms with Gasteiger partial charge in [0.1, 0.15) is 0 Å². The van der Waals surface area contributed by atoms with Gasteiger partial charge in [0, 0.05) is 6.04 Å². The standard InChI is InChI=1S/C14H15N5OS2/c1-8(13-15-9(2)18-20-13)22-14-17-16-12(11-4-3-7-21-11)19(14)10-5-6-10/h3-4,7-8,10H,5-6H2,1-2H3. The number of aromatic nitrogens is 5. The van der Waals surface area contributed by atoms with Crippen LogP contribution in [0.1, 0.15) is 42.8 Å². The molecule has 0 aliphatic heterocycles. The fraction of sp³-hybridized carbons (Fsp3) is 0.429. The highest BCUT2D eigenvalue weighted by Gasteiger charge is 2.31. The lowest BCUT2D eigenvalue weighted by atomic mass is 10.4. The van der Waals surface area contributed by atoms with Gasteiger partial charge in [0.2, 0.25) is 5.89 Å². The summed E-state index contributed by atoms with van der Waals surface area (Å²) in [6.07, 6.45) is 2.38. The molecule has 22 heavy (non-hydrogen) atoms. The Hall–Kier alpha value is -1.67. The van der Waals surface area contributed by atoms with E-state index in [1.165, 1.54) is 12.8 Å². The Morgan fingerprint density at radius 1 is 1.41 bits per heavy atom. The second-order valence-electron chi connectivity index (χ2n) is 5.32. The Morgan fingerprint density at radius 3 is 2.91 bits per heavy atom. The molecule has 0 amide bonds. The van der Waals surface area contributed by atoms with Crippen molar-refractivity contribution in [3.63, 3.8) is 0 Å². The summed E-state index contributed by atoms with van der Waals surface area (Å²) < 4.78 is 7.52. The molecular weight excluding hydrogens is 318 g/mol. The predicted octanol–water partition coefficient (Wildman–Crippen LogP) is 3.89. The molecule has 0 radical (unpaired) electrons. The zero-order chi connectivity index (χ0) is 15.1. The SMILES string of the molecule is Cc1noc(C(C)Sc2nnc(-c3cccs3)n2C2CC2)n1. The molecule has 8 heteroatoms. The van der Waals surface area contributed by atoms with E-state index in [1.807, 2.05) is 19.9 Å². The highest BCUT2D eigenvalue weighted by Crippen LogP contribution is 2.44. The minimum Gasteiger partial charge on any atom is -0.338 e. The zero-order valence-corrected chi connectivity index (χ0v) is 13.9. The highest BCUT2D eigenvalue weighted by atomic mass is 32.2. The third kappa shape index (κ3) is 2.56. The van der Waals surface area contributed by atoms with Crippen LogP contribution in [0.4, 0.5) is 0 Å². The van der Waals surface area contributed by atoms with E-state index in [-0.39, 0.29) is 5.25 Å². The largest absolute Gasteiger partial charge is 0.338 e. The van der Waals surface area contributed by atoms with Gasteiger partial charge in [0.25, 0.3) is 0 Å². The molecule has 3 aromatic heterocycles. The predicted molar refractivity (Wildman–Crippen MR) is 84.9 cm³/mol. The quantitative estimate of drug-likeness (QED) is 0.660. The van der Waals surface area contributed by atoms with Crippen LogP contribution in [0.25, 0.3) is 10.7 Å². The van der Waals surface area contributed by atoms with Crippen LogP contribution in [0.15, 0.2) is 27.2 Å². The molecule has 0 N–H and O–H groups in total. The number of thiophene rings is 1. The Morgan fingerprint density at radius 2 is 2.27 bits per heavy atom. The van der Waals surface area contributed by atoms with Crippen LogP contribution in [0.2, 0.25) is 0 Å². The van der Waals surface area contributed by atoms with Gasteiger partial charge in [0.05, 0.1) is 10.1 Å². The maximum atomic E-state index is 5.26. The van der Waals surface area contributed by atoms with E-state index in [0.717, 1.165) is 15.9 Å². The van der Waals surface area contributed by atoms with Gasteiger partial charge in [-0.15, -0.1) is 21.5 Å². The van der Waals surface area contributed by atoms with Crippen LogP contribution < -0.4 is 0 Å². The van der Waals surface area contributed by atoms with Gasteiger partial charge >= 0.3 is 0 Å². The number of thioether (sulfide) groups is 1. The van der Waals surface area contributed by atoms with Crippen molar-refractivity contribution in [2.75, 3.05) is 0 Å². The summed E-state index contributed by atoms with van der Waals surface area (Å²) in [4.78, 5) is 5.46. The summed E-state index contributed by atoms with van der Waals surface area (Å²) in [5.74, 6) is 2.25. The lowest BCUT2D eigenvalue weighted by Crippen LogP contribution is -2.00. The molecule has 114 valence electrons. The Balaban J connectivity index is 1.64. The number of nitrogens with zero attached hydrogens (tertiary/aromatic N) is 5. The van der Waals surface area contributed by atoms with E-state index in [4.69, 9.17) is 4.52 Å². The first-order valence-corrected chi connectivity index (χ1v) is 8.94. The number of hydrogen-bond acceptors (Lipinski definition) is 7. The fourth-order valence-electron chi connectivity index (χ4n) is 2.28. The molecule has 1 aliphatic carbocycles. The van der Waals surface area contributed by atoms with E-state index >= 15 is 0 Å². The molecule has 0 aromatic carbocycles. The summed E-state index contributed by atoms with van der Waals surface area (Å²) in [7, 11) is 0. The van der Waals surface area contributed by atoms with Crippen LogP contribution in [0.3, 0.4) is 0 Å². The molecule has 6 nitrogen and oxygen atoms in total. The normalized spacial score (nSPS) is 16.1. The summed E-state index contributed by atoms with van der Waals surface area (Å²) in [5, 5.41) is 15.7. The van der Waals surface area contributed by atoms with Crippen molar-refractivity contribution in [1.82, 2.24) is 24.9 Å². The number of hydrogen-bond donors (Lipinski definition) is 0. The molecular formula is C14H15N5OS2. The van der Waals surface area contributed by atoms with Crippen LogP contribution in [0.5, 0.6) is 0 Å². The highest BCUT2D eigenvalue weighted by molar-refractivity contribution is 7.99. The van der Waals surface area contributed by atoms with E-state index in [2.05, 4.69) is 36.4 Å². The average molecular weight is 333 g/mol. The van der Waals surface area contributed by atoms with E-state index in [9.17, 15) is 0 Å². The van der Waals surface area contributed by atoms with Gasteiger partial charge in [-0.25, -0.2) is 0 Å². The zero-order valence-electron chi connectivity index (χ0n) is 12.3. The van der Waals surface area contributed by atoms with Crippen molar-refractivity contribution in [3.05, 3.63) is 29.2 Å². The van der Waals surface area contributed by atoms with E-state index < -0.39 is 0 Å². The third-order valence-electron chi connectivity index (χ3n) is 3.49. The van der Waals surface area contributed by atoms with E-state index in [0.29, 0.717) is 17.8 Å². The molecule has 1 atom stereocenters. The van der Waals surface area contributed by atoms with Crippen LogP contribution in [0, 0.1) is 6.92 Å².